The number of halogens is 1. The Morgan fingerprint density at radius 1 is 1.42 bits per heavy atom. The lowest BCUT2D eigenvalue weighted by Gasteiger charge is -1.93. The van der Waals surface area contributed by atoms with Crippen molar-refractivity contribution in [1.29, 1.82) is 5.26 Å². The summed E-state index contributed by atoms with van der Waals surface area (Å²) in [6, 6.07) is 9.37. The summed E-state index contributed by atoms with van der Waals surface area (Å²) in [5.41, 5.74) is 1.46. The number of hydrogen-bond donors (Lipinski definition) is 0. The monoisotopic (exact) mass is 176 g/mol. The molecule has 2 aromatic heterocycles. The van der Waals surface area contributed by atoms with Crippen LogP contribution in [0, 0.1) is 11.3 Å². The number of nitrogens with zero attached hydrogens (tertiary/aromatic N) is 2. The van der Waals surface area contributed by atoms with E-state index in [-0.39, 0.29) is 0 Å². The van der Waals surface area contributed by atoms with E-state index in [1.807, 2.05) is 24.4 Å². The van der Waals surface area contributed by atoms with Crippen LogP contribution < -0.4 is 0 Å². The van der Waals surface area contributed by atoms with Crippen LogP contribution >= 0.6 is 11.6 Å². The SMILES string of the molecule is N#Cc1cc(Cl)n2ccccc12. The van der Waals surface area contributed by atoms with Gasteiger partial charge in [0.25, 0.3) is 0 Å². The molecule has 0 amide bonds. The molecule has 0 unspecified atom stereocenters. The van der Waals surface area contributed by atoms with Crippen molar-refractivity contribution >= 4 is 17.1 Å². The Bertz CT molecular complexity index is 465. The van der Waals surface area contributed by atoms with E-state index in [2.05, 4.69) is 6.07 Å². The van der Waals surface area contributed by atoms with Gasteiger partial charge in [-0.2, -0.15) is 5.26 Å². The molecule has 0 saturated heterocycles. The lowest BCUT2D eigenvalue weighted by Crippen LogP contribution is -1.80. The molecule has 0 N–H and O–H groups in total. The van der Waals surface area contributed by atoms with Gasteiger partial charge in [-0.3, -0.25) is 0 Å². The van der Waals surface area contributed by atoms with Crippen molar-refractivity contribution in [2.45, 2.75) is 0 Å². The van der Waals surface area contributed by atoms with Crippen molar-refractivity contribution in [3.05, 3.63) is 41.2 Å². The Labute approximate surface area is 74.6 Å². The topological polar surface area (TPSA) is 28.2 Å². The van der Waals surface area contributed by atoms with Crippen LogP contribution in [0.3, 0.4) is 0 Å². The predicted molar refractivity (Wildman–Crippen MR) is 47.1 cm³/mol. The van der Waals surface area contributed by atoms with Crippen LogP contribution in [0.2, 0.25) is 5.15 Å². The summed E-state index contributed by atoms with van der Waals surface area (Å²) < 4.78 is 1.78. The molecule has 2 nitrogen and oxygen atoms in total. The average molecular weight is 177 g/mol. The van der Waals surface area contributed by atoms with E-state index < -0.39 is 0 Å². The fraction of sp³-hybridized carbons (Fsp3) is 0. The van der Waals surface area contributed by atoms with E-state index >= 15 is 0 Å². The maximum atomic E-state index is 8.73. The Morgan fingerprint density at radius 3 is 3.00 bits per heavy atom. The van der Waals surface area contributed by atoms with Gasteiger partial charge in [0.2, 0.25) is 0 Å². The number of fused-ring (bicyclic) bond motifs is 1. The van der Waals surface area contributed by atoms with Crippen LogP contribution in [0.25, 0.3) is 5.52 Å². The fourth-order valence-corrected chi connectivity index (χ4v) is 1.46. The third kappa shape index (κ3) is 0.876. The van der Waals surface area contributed by atoms with Gasteiger partial charge in [0.05, 0.1) is 11.1 Å². The number of rotatable bonds is 0. The van der Waals surface area contributed by atoms with Crippen LogP contribution in [0.4, 0.5) is 0 Å². The zero-order valence-electron chi connectivity index (χ0n) is 6.16. The maximum absolute atomic E-state index is 8.73. The second-order valence-electron chi connectivity index (χ2n) is 2.45. The molecular weight excluding hydrogens is 172 g/mol. The standard InChI is InChI=1S/C9H5ClN2/c10-9-5-7(6-11)8-3-1-2-4-12(8)9/h1-5H. The Hall–Kier alpha value is -1.46. The summed E-state index contributed by atoms with van der Waals surface area (Å²) in [6.45, 7) is 0. The van der Waals surface area contributed by atoms with Crippen molar-refractivity contribution in [2.75, 3.05) is 0 Å². The number of pyridine rings is 1. The summed E-state index contributed by atoms with van der Waals surface area (Å²) in [4.78, 5) is 0. The molecule has 2 aromatic rings. The van der Waals surface area contributed by atoms with Gasteiger partial charge >= 0.3 is 0 Å². The predicted octanol–water partition coefficient (Wildman–Crippen LogP) is 2.46. The van der Waals surface area contributed by atoms with Gasteiger partial charge in [0, 0.05) is 6.20 Å². The highest BCUT2D eigenvalue weighted by molar-refractivity contribution is 6.30. The van der Waals surface area contributed by atoms with Gasteiger partial charge in [-0.05, 0) is 18.2 Å². The summed E-state index contributed by atoms with van der Waals surface area (Å²) in [7, 11) is 0. The quantitative estimate of drug-likeness (QED) is 0.606. The molecule has 0 aliphatic carbocycles. The maximum Gasteiger partial charge on any atom is 0.114 e. The first-order chi connectivity index (χ1) is 5.83. The molecule has 0 aliphatic rings. The third-order valence-electron chi connectivity index (χ3n) is 1.75. The van der Waals surface area contributed by atoms with Crippen LogP contribution in [-0.2, 0) is 0 Å². The van der Waals surface area contributed by atoms with Crippen molar-refractivity contribution in [2.24, 2.45) is 0 Å². The number of hydrogen-bond acceptors (Lipinski definition) is 1. The minimum absolute atomic E-state index is 0.571. The molecule has 0 bridgehead atoms. The molecule has 12 heavy (non-hydrogen) atoms. The van der Waals surface area contributed by atoms with Crippen LogP contribution in [0.5, 0.6) is 0 Å². The molecule has 58 valence electrons. The van der Waals surface area contributed by atoms with Crippen LogP contribution in [-0.4, -0.2) is 4.40 Å². The number of aromatic nitrogens is 1. The number of nitriles is 1. The van der Waals surface area contributed by atoms with E-state index in [0.717, 1.165) is 5.52 Å². The summed E-state index contributed by atoms with van der Waals surface area (Å²) in [5, 5.41) is 9.30. The van der Waals surface area contributed by atoms with E-state index in [1.54, 1.807) is 10.5 Å². The van der Waals surface area contributed by atoms with E-state index in [4.69, 9.17) is 16.9 Å². The summed E-state index contributed by atoms with van der Waals surface area (Å²) >= 11 is 5.87. The molecule has 0 spiro atoms. The largest absolute Gasteiger partial charge is 0.306 e. The molecule has 0 atom stereocenters. The third-order valence-corrected chi connectivity index (χ3v) is 2.04. The minimum atomic E-state index is 0.571. The minimum Gasteiger partial charge on any atom is -0.306 e. The summed E-state index contributed by atoms with van der Waals surface area (Å²) in [6.07, 6.45) is 1.83. The second-order valence-corrected chi connectivity index (χ2v) is 2.84. The lowest BCUT2D eigenvalue weighted by molar-refractivity contribution is 1.20. The molecule has 0 aliphatic heterocycles. The van der Waals surface area contributed by atoms with Gasteiger partial charge in [0.15, 0.2) is 0 Å². The van der Waals surface area contributed by atoms with Crippen LogP contribution in [0.1, 0.15) is 5.56 Å². The Balaban J connectivity index is 2.94. The zero-order chi connectivity index (χ0) is 8.55. The highest BCUT2D eigenvalue weighted by Crippen LogP contribution is 2.19. The van der Waals surface area contributed by atoms with Crippen LogP contribution in [0.15, 0.2) is 30.5 Å². The molecular formula is C9H5ClN2. The first-order valence-electron chi connectivity index (χ1n) is 3.48. The smallest absolute Gasteiger partial charge is 0.114 e. The van der Waals surface area contributed by atoms with Gasteiger partial charge in [-0.15, -0.1) is 0 Å². The summed E-state index contributed by atoms with van der Waals surface area (Å²) in [5.74, 6) is 0. The lowest BCUT2D eigenvalue weighted by atomic mass is 10.3. The molecule has 0 saturated carbocycles. The first kappa shape index (κ1) is 7.20. The van der Waals surface area contributed by atoms with E-state index in [1.165, 1.54) is 0 Å². The molecule has 0 radical (unpaired) electrons. The molecule has 0 aromatic carbocycles. The highest BCUT2D eigenvalue weighted by Gasteiger charge is 2.04. The normalized spacial score (nSPS) is 10.0. The van der Waals surface area contributed by atoms with Gasteiger partial charge < -0.3 is 4.40 Å². The zero-order valence-corrected chi connectivity index (χ0v) is 6.92. The fourth-order valence-electron chi connectivity index (χ4n) is 1.20. The average Bonchev–Trinajstić information content (AvgIpc) is 2.44. The highest BCUT2D eigenvalue weighted by atomic mass is 35.5. The first-order valence-corrected chi connectivity index (χ1v) is 3.86. The van der Waals surface area contributed by atoms with Gasteiger partial charge in [0.1, 0.15) is 11.2 Å². The molecule has 3 heteroatoms. The molecule has 0 fully saturated rings. The van der Waals surface area contributed by atoms with Crippen molar-refractivity contribution in [3.63, 3.8) is 0 Å². The Kier molecular flexibility index (Phi) is 1.53. The molecule has 2 rings (SSSR count). The Morgan fingerprint density at radius 2 is 2.25 bits per heavy atom. The van der Waals surface area contributed by atoms with Crippen molar-refractivity contribution in [3.8, 4) is 6.07 Å². The van der Waals surface area contributed by atoms with E-state index in [0.29, 0.717) is 10.7 Å². The van der Waals surface area contributed by atoms with E-state index in [9.17, 15) is 0 Å². The van der Waals surface area contributed by atoms with Gasteiger partial charge in [-0.1, -0.05) is 17.7 Å². The van der Waals surface area contributed by atoms with Crippen molar-refractivity contribution in [1.82, 2.24) is 4.40 Å². The molecule has 2 heterocycles. The van der Waals surface area contributed by atoms with Gasteiger partial charge in [-0.25, -0.2) is 0 Å². The second kappa shape index (κ2) is 2.54. The van der Waals surface area contributed by atoms with Crippen molar-refractivity contribution < 1.29 is 0 Å².